The van der Waals surface area contributed by atoms with E-state index in [2.05, 4.69) is 45.1 Å². The van der Waals surface area contributed by atoms with Crippen LogP contribution in [0, 0.1) is 0 Å². The summed E-state index contributed by atoms with van der Waals surface area (Å²) >= 11 is 0. The molecule has 1 unspecified atom stereocenters. The summed E-state index contributed by atoms with van der Waals surface area (Å²) in [6.45, 7) is 6.69. The molecule has 0 amide bonds. The van der Waals surface area contributed by atoms with Crippen molar-refractivity contribution in [1.29, 1.82) is 0 Å². The zero-order chi connectivity index (χ0) is 57.8. The van der Waals surface area contributed by atoms with Crippen molar-refractivity contribution in [3.05, 3.63) is 24.3 Å². The molecular formula is C74H140O6. The third-order valence-corrected chi connectivity index (χ3v) is 16.7. The molecule has 0 aliphatic carbocycles. The lowest BCUT2D eigenvalue weighted by molar-refractivity contribution is -0.167. The van der Waals surface area contributed by atoms with Crippen LogP contribution in [-0.4, -0.2) is 37.2 Å². The maximum Gasteiger partial charge on any atom is 0.306 e. The molecule has 80 heavy (non-hydrogen) atoms. The van der Waals surface area contributed by atoms with Crippen molar-refractivity contribution in [2.75, 3.05) is 13.2 Å². The summed E-state index contributed by atoms with van der Waals surface area (Å²) in [5.74, 6) is -0.849. The van der Waals surface area contributed by atoms with Gasteiger partial charge in [0.1, 0.15) is 13.2 Å². The summed E-state index contributed by atoms with van der Waals surface area (Å²) in [5, 5.41) is 0. The quantitative estimate of drug-likeness (QED) is 0.0261. The van der Waals surface area contributed by atoms with Gasteiger partial charge in [-0.05, 0) is 51.4 Å². The second-order valence-electron chi connectivity index (χ2n) is 24.9. The summed E-state index contributed by atoms with van der Waals surface area (Å²) in [4.78, 5) is 38.5. The van der Waals surface area contributed by atoms with Gasteiger partial charge in [-0.2, -0.15) is 0 Å². The molecule has 0 saturated carbocycles. The summed E-state index contributed by atoms with van der Waals surface area (Å²) in [6, 6.07) is 0. The highest BCUT2D eigenvalue weighted by Gasteiger charge is 2.19. The van der Waals surface area contributed by atoms with Crippen molar-refractivity contribution in [2.45, 2.75) is 419 Å². The van der Waals surface area contributed by atoms with Crippen LogP contribution in [0.15, 0.2) is 24.3 Å². The number of hydrogen-bond donors (Lipinski definition) is 0. The van der Waals surface area contributed by atoms with Gasteiger partial charge in [-0.1, -0.05) is 366 Å². The minimum atomic E-state index is -0.774. The van der Waals surface area contributed by atoms with Crippen LogP contribution >= 0.6 is 0 Å². The highest BCUT2D eigenvalue weighted by atomic mass is 16.6. The fourth-order valence-corrected chi connectivity index (χ4v) is 11.2. The van der Waals surface area contributed by atoms with E-state index in [-0.39, 0.29) is 31.1 Å². The second-order valence-corrected chi connectivity index (χ2v) is 24.9. The van der Waals surface area contributed by atoms with Crippen LogP contribution in [0.25, 0.3) is 0 Å². The number of rotatable bonds is 68. The van der Waals surface area contributed by atoms with Gasteiger partial charge in [0.15, 0.2) is 6.10 Å². The van der Waals surface area contributed by atoms with E-state index in [1.807, 2.05) is 0 Å². The topological polar surface area (TPSA) is 78.9 Å². The Morgan fingerprint density at radius 1 is 0.250 bits per heavy atom. The van der Waals surface area contributed by atoms with Crippen molar-refractivity contribution in [2.24, 2.45) is 0 Å². The van der Waals surface area contributed by atoms with E-state index in [4.69, 9.17) is 14.2 Å². The fraction of sp³-hybridized carbons (Fsp3) is 0.905. The fourth-order valence-electron chi connectivity index (χ4n) is 11.2. The predicted octanol–water partition coefficient (Wildman–Crippen LogP) is 25.0. The zero-order valence-corrected chi connectivity index (χ0v) is 54.4. The van der Waals surface area contributed by atoms with E-state index in [1.54, 1.807) is 0 Å². The Kier molecular flexibility index (Phi) is 67.6. The molecule has 0 aliphatic heterocycles. The van der Waals surface area contributed by atoms with Gasteiger partial charge >= 0.3 is 17.9 Å². The first-order valence-electron chi connectivity index (χ1n) is 36.3. The highest BCUT2D eigenvalue weighted by molar-refractivity contribution is 5.71. The first kappa shape index (κ1) is 77.9. The summed E-state index contributed by atoms with van der Waals surface area (Å²) in [7, 11) is 0. The normalized spacial score (nSPS) is 12.1. The van der Waals surface area contributed by atoms with Crippen molar-refractivity contribution in [3.8, 4) is 0 Å². The number of carbonyl (C=O) groups excluding carboxylic acids is 3. The first-order valence-corrected chi connectivity index (χ1v) is 36.3. The molecule has 0 spiro atoms. The largest absolute Gasteiger partial charge is 0.462 e. The maximum absolute atomic E-state index is 13.0. The van der Waals surface area contributed by atoms with Crippen LogP contribution in [-0.2, 0) is 28.6 Å². The number of ether oxygens (including phenoxy) is 3. The van der Waals surface area contributed by atoms with Crippen LogP contribution in [0.1, 0.15) is 412 Å². The number of hydrogen-bond acceptors (Lipinski definition) is 6. The minimum absolute atomic E-state index is 0.0691. The molecule has 0 saturated heterocycles. The molecule has 0 aromatic rings. The number of carbonyl (C=O) groups is 3. The van der Waals surface area contributed by atoms with Gasteiger partial charge in [0.2, 0.25) is 0 Å². The van der Waals surface area contributed by atoms with E-state index in [1.165, 1.54) is 295 Å². The first-order chi connectivity index (χ1) is 39.5. The Morgan fingerprint density at radius 3 is 0.713 bits per heavy atom. The van der Waals surface area contributed by atoms with Crippen LogP contribution in [0.5, 0.6) is 0 Å². The van der Waals surface area contributed by atoms with E-state index in [9.17, 15) is 14.4 Å². The Labute approximate surface area is 500 Å². The molecule has 0 aliphatic rings. The van der Waals surface area contributed by atoms with Crippen molar-refractivity contribution >= 4 is 17.9 Å². The minimum Gasteiger partial charge on any atom is -0.462 e. The van der Waals surface area contributed by atoms with Gasteiger partial charge in [0.25, 0.3) is 0 Å². The molecule has 6 nitrogen and oxygen atoms in total. The predicted molar refractivity (Wildman–Crippen MR) is 349 cm³/mol. The summed E-state index contributed by atoms with van der Waals surface area (Å²) in [6.07, 6.45) is 85.0. The molecule has 0 radical (unpaired) electrons. The standard InChI is InChI=1S/C74H140O6/c1-4-7-10-13-16-19-22-25-28-30-32-34-35-36-37-38-39-40-42-43-46-49-52-55-58-61-64-67-73(76)79-70-71(69-78-72(75)66-63-60-57-54-51-48-45-27-24-21-18-15-12-9-6-3)80-74(77)68-65-62-59-56-53-50-47-44-41-33-31-29-26-23-20-17-14-11-8-5-2/h18,21,27,45,71H,4-17,19-20,22-26,28-44,46-70H2,1-3H3/b21-18-,45-27-. The average Bonchev–Trinajstić information content (AvgIpc) is 3.46. The summed E-state index contributed by atoms with van der Waals surface area (Å²) in [5.41, 5.74) is 0. The Morgan fingerprint density at radius 2 is 0.450 bits per heavy atom. The van der Waals surface area contributed by atoms with Gasteiger partial charge in [-0.15, -0.1) is 0 Å². The summed E-state index contributed by atoms with van der Waals surface area (Å²) < 4.78 is 17.0. The molecule has 0 bridgehead atoms. The van der Waals surface area contributed by atoms with Gasteiger partial charge in [-0.25, -0.2) is 0 Å². The van der Waals surface area contributed by atoms with Crippen molar-refractivity contribution in [3.63, 3.8) is 0 Å². The molecule has 0 N–H and O–H groups in total. The Hall–Kier alpha value is -2.11. The molecular weight excluding hydrogens is 985 g/mol. The lowest BCUT2D eigenvalue weighted by atomic mass is 10.0. The average molecular weight is 1130 g/mol. The van der Waals surface area contributed by atoms with E-state index < -0.39 is 6.10 Å². The van der Waals surface area contributed by atoms with E-state index in [0.29, 0.717) is 19.3 Å². The molecule has 0 aromatic carbocycles. The monoisotopic (exact) mass is 1130 g/mol. The third-order valence-electron chi connectivity index (χ3n) is 16.7. The maximum atomic E-state index is 13.0. The van der Waals surface area contributed by atoms with Crippen LogP contribution in [0.4, 0.5) is 0 Å². The van der Waals surface area contributed by atoms with Gasteiger partial charge in [0.05, 0.1) is 0 Å². The molecule has 6 heteroatoms. The smallest absolute Gasteiger partial charge is 0.306 e. The van der Waals surface area contributed by atoms with Crippen molar-refractivity contribution in [1.82, 2.24) is 0 Å². The van der Waals surface area contributed by atoms with Crippen LogP contribution < -0.4 is 0 Å². The SMILES string of the molecule is CCCCC/C=C\C/C=C\CCCCCCCC(=O)OCC(COC(=O)CCCCCCCCCCCCCCCCCCCCCCCCCCCCC)OC(=O)CCCCCCCCCCCCCCCCCCCCCC. The zero-order valence-electron chi connectivity index (χ0n) is 54.4. The lowest BCUT2D eigenvalue weighted by Gasteiger charge is -2.18. The van der Waals surface area contributed by atoms with Crippen molar-refractivity contribution < 1.29 is 28.6 Å². The molecule has 0 fully saturated rings. The Balaban J connectivity index is 4.22. The molecule has 1 atom stereocenters. The number of esters is 3. The van der Waals surface area contributed by atoms with Gasteiger partial charge in [-0.3, -0.25) is 14.4 Å². The van der Waals surface area contributed by atoms with Crippen LogP contribution in [0.3, 0.4) is 0 Å². The van der Waals surface area contributed by atoms with E-state index >= 15 is 0 Å². The highest BCUT2D eigenvalue weighted by Crippen LogP contribution is 2.19. The number of allylic oxidation sites excluding steroid dienone is 4. The Bertz CT molecular complexity index is 1290. The van der Waals surface area contributed by atoms with Gasteiger partial charge in [0, 0.05) is 19.3 Å². The number of unbranched alkanes of at least 4 members (excludes halogenated alkanes) is 53. The van der Waals surface area contributed by atoms with Crippen LogP contribution in [0.2, 0.25) is 0 Å². The molecule has 0 heterocycles. The molecule has 0 rings (SSSR count). The molecule has 472 valence electrons. The van der Waals surface area contributed by atoms with E-state index in [0.717, 1.165) is 77.0 Å². The van der Waals surface area contributed by atoms with Gasteiger partial charge < -0.3 is 14.2 Å². The molecule has 0 aromatic heterocycles. The second kappa shape index (κ2) is 69.4. The third kappa shape index (κ3) is 66.7. The lowest BCUT2D eigenvalue weighted by Crippen LogP contribution is -2.30.